The summed E-state index contributed by atoms with van der Waals surface area (Å²) in [4.78, 5) is 22.8. The molecule has 0 heterocycles. The van der Waals surface area contributed by atoms with Crippen molar-refractivity contribution in [2.75, 3.05) is 19.8 Å². The lowest BCUT2D eigenvalue weighted by Gasteiger charge is -2.25. The highest BCUT2D eigenvalue weighted by atomic mass is 31.2. The third-order valence-electron chi connectivity index (χ3n) is 11.5. The van der Waals surface area contributed by atoms with Crippen LogP contribution in [-0.4, -0.2) is 47.8 Å². The molecule has 0 radical (unpaired) electrons. The first kappa shape index (κ1) is 58.7. The fourth-order valence-electron chi connectivity index (χ4n) is 7.62. The van der Waals surface area contributed by atoms with Gasteiger partial charge in [0.25, 0.3) is 0 Å². The number of amides is 1. The maximum atomic E-state index is 12.8. The van der Waals surface area contributed by atoms with Gasteiger partial charge in [-0.1, -0.05) is 230 Å². The standard InChI is InChI=1S/C51H99N2O6P/c1-3-5-7-9-11-13-15-17-19-21-23-24-25-26-27-29-31-33-35-37-39-41-43-45-51(55)53-49(48-59-60(56,57)58-47-46-52)50(54)44-42-40-38-36-34-32-30-28-22-20-18-16-14-12-10-8-6-4-2/h15,17,21,23,25-26,49-50,54H,3-14,16,18-20,22,24,27-48,52H2,1-2H3,(H,53,55)(H,56,57)/b17-15-,23-21-,26-25-. The Kier molecular flexibility index (Phi) is 46.2. The molecule has 3 unspecified atom stereocenters. The molecule has 354 valence electrons. The second-order valence-electron chi connectivity index (χ2n) is 17.4. The van der Waals surface area contributed by atoms with E-state index in [0.29, 0.717) is 12.8 Å². The van der Waals surface area contributed by atoms with E-state index in [1.54, 1.807) is 0 Å². The van der Waals surface area contributed by atoms with Crippen molar-refractivity contribution in [1.29, 1.82) is 0 Å². The predicted molar refractivity (Wildman–Crippen MR) is 258 cm³/mol. The molecule has 0 aromatic heterocycles. The summed E-state index contributed by atoms with van der Waals surface area (Å²) in [5.41, 5.74) is 5.40. The number of carbonyl (C=O) groups is 1. The van der Waals surface area contributed by atoms with Gasteiger partial charge in [0.1, 0.15) is 0 Å². The number of aliphatic hydroxyl groups is 1. The Balaban J connectivity index is 4.07. The van der Waals surface area contributed by atoms with Crippen molar-refractivity contribution in [1.82, 2.24) is 5.32 Å². The minimum absolute atomic E-state index is 0.0873. The van der Waals surface area contributed by atoms with Gasteiger partial charge in [0.2, 0.25) is 5.91 Å². The van der Waals surface area contributed by atoms with E-state index in [1.165, 1.54) is 167 Å². The maximum Gasteiger partial charge on any atom is 0.472 e. The molecule has 0 saturated carbocycles. The average Bonchev–Trinajstić information content (AvgIpc) is 3.24. The molecular formula is C51H99N2O6P. The van der Waals surface area contributed by atoms with Crippen LogP contribution in [0.4, 0.5) is 0 Å². The molecule has 0 saturated heterocycles. The molecule has 1 amide bonds. The van der Waals surface area contributed by atoms with Gasteiger partial charge < -0.3 is 21.1 Å². The third kappa shape index (κ3) is 44.8. The molecule has 0 aliphatic rings. The van der Waals surface area contributed by atoms with Crippen LogP contribution in [0.1, 0.15) is 251 Å². The smallest absolute Gasteiger partial charge is 0.391 e. The van der Waals surface area contributed by atoms with Crippen LogP contribution in [0.2, 0.25) is 0 Å². The zero-order valence-electron chi connectivity index (χ0n) is 39.5. The molecule has 9 heteroatoms. The Labute approximate surface area is 371 Å². The second-order valence-corrected chi connectivity index (χ2v) is 18.8. The summed E-state index contributed by atoms with van der Waals surface area (Å²) in [5, 5.41) is 13.9. The molecule has 0 fully saturated rings. The van der Waals surface area contributed by atoms with Crippen LogP contribution >= 0.6 is 7.82 Å². The third-order valence-corrected chi connectivity index (χ3v) is 12.5. The van der Waals surface area contributed by atoms with Crippen molar-refractivity contribution in [2.24, 2.45) is 5.73 Å². The van der Waals surface area contributed by atoms with Gasteiger partial charge in [0, 0.05) is 13.0 Å². The highest BCUT2D eigenvalue weighted by molar-refractivity contribution is 7.47. The number of hydrogen-bond acceptors (Lipinski definition) is 6. The molecule has 3 atom stereocenters. The minimum atomic E-state index is -4.32. The summed E-state index contributed by atoms with van der Waals surface area (Å²) in [5.74, 6) is -0.167. The van der Waals surface area contributed by atoms with Crippen LogP contribution in [0, 0.1) is 0 Å². The van der Waals surface area contributed by atoms with Gasteiger partial charge >= 0.3 is 7.82 Å². The van der Waals surface area contributed by atoms with E-state index in [1.807, 2.05) is 0 Å². The first-order valence-corrected chi connectivity index (χ1v) is 27.1. The minimum Gasteiger partial charge on any atom is -0.391 e. The summed E-state index contributed by atoms with van der Waals surface area (Å²) < 4.78 is 22.3. The van der Waals surface area contributed by atoms with Gasteiger partial charge in [-0.05, 0) is 51.4 Å². The Bertz CT molecular complexity index is 1040. The molecule has 0 bridgehead atoms. The number of aliphatic hydroxyl groups excluding tert-OH is 1. The lowest BCUT2D eigenvalue weighted by molar-refractivity contribution is -0.123. The summed E-state index contributed by atoms with van der Waals surface area (Å²) in [7, 11) is -4.32. The molecule has 5 N–H and O–H groups in total. The normalized spacial score (nSPS) is 14.2. The second kappa shape index (κ2) is 47.2. The Morgan fingerprint density at radius 2 is 0.917 bits per heavy atom. The highest BCUT2D eigenvalue weighted by Gasteiger charge is 2.27. The lowest BCUT2D eigenvalue weighted by Crippen LogP contribution is -2.46. The molecule has 8 nitrogen and oxygen atoms in total. The van der Waals surface area contributed by atoms with Gasteiger partial charge in [-0.3, -0.25) is 13.8 Å². The van der Waals surface area contributed by atoms with Crippen LogP contribution < -0.4 is 11.1 Å². The maximum absolute atomic E-state index is 12.8. The zero-order valence-corrected chi connectivity index (χ0v) is 40.3. The van der Waals surface area contributed by atoms with Crippen LogP contribution in [0.25, 0.3) is 0 Å². The van der Waals surface area contributed by atoms with Crippen LogP contribution in [0.5, 0.6) is 0 Å². The molecule has 0 spiro atoms. The summed E-state index contributed by atoms with van der Waals surface area (Å²) in [6, 6.07) is -0.779. The number of allylic oxidation sites excluding steroid dienone is 6. The number of rotatable bonds is 48. The number of unbranched alkanes of at least 4 members (excludes halogenated alkanes) is 30. The van der Waals surface area contributed by atoms with Gasteiger partial charge in [-0.25, -0.2) is 4.57 Å². The van der Waals surface area contributed by atoms with Crippen molar-refractivity contribution in [3.05, 3.63) is 36.5 Å². The number of nitrogens with two attached hydrogens (primary N) is 1. The highest BCUT2D eigenvalue weighted by Crippen LogP contribution is 2.43. The van der Waals surface area contributed by atoms with E-state index in [0.717, 1.165) is 57.8 Å². The monoisotopic (exact) mass is 867 g/mol. The van der Waals surface area contributed by atoms with E-state index < -0.39 is 20.0 Å². The summed E-state index contributed by atoms with van der Waals surface area (Å²) >= 11 is 0. The molecule has 0 aromatic carbocycles. The summed E-state index contributed by atoms with van der Waals surface area (Å²) in [6.45, 7) is 4.22. The van der Waals surface area contributed by atoms with Crippen LogP contribution in [0.15, 0.2) is 36.5 Å². The SMILES string of the molecule is CCCCCCC/C=C\C/C=C\C/C=C\CCCCCCCCCCC(=O)NC(COP(=O)(O)OCCN)C(O)CCCCCCCCCCCCCCCCCCCC. The lowest BCUT2D eigenvalue weighted by atomic mass is 10.0. The van der Waals surface area contributed by atoms with E-state index in [-0.39, 0.29) is 25.7 Å². The molecule has 0 aromatic rings. The first-order chi connectivity index (χ1) is 29.4. The van der Waals surface area contributed by atoms with Gasteiger partial charge in [0.05, 0.1) is 25.4 Å². The molecular weight excluding hydrogens is 768 g/mol. The first-order valence-electron chi connectivity index (χ1n) is 25.6. The fourth-order valence-corrected chi connectivity index (χ4v) is 8.38. The number of nitrogens with one attached hydrogen (secondary N) is 1. The van der Waals surface area contributed by atoms with Crippen molar-refractivity contribution in [2.45, 2.75) is 264 Å². The predicted octanol–water partition coefficient (Wildman–Crippen LogP) is 15.1. The zero-order chi connectivity index (χ0) is 43.9. The van der Waals surface area contributed by atoms with E-state index in [4.69, 9.17) is 14.8 Å². The van der Waals surface area contributed by atoms with Crippen molar-refractivity contribution in [3.8, 4) is 0 Å². The van der Waals surface area contributed by atoms with Crippen LogP contribution in [-0.2, 0) is 18.4 Å². The average molecular weight is 867 g/mol. The number of carbonyl (C=O) groups excluding carboxylic acids is 1. The van der Waals surface area contributed by atoms with Gasteiger partial charge in [-0.2, -0.15) is 0 Å². The van der Waals surface area contributed by atoms with E-state index >= 15 is 0 Å². The Morgan fingerprint density at radius 3 is 1.33 bits per heavy atom. The Morgan fingerprint density at radius 1 is 0.550 bits per heavy atom. The van der Waals surface area contributed by atoms with E-state index in [9.17, 15) is 19.4 Å². The van der Waals surface area contributed by atoms with Crippen molar-refractivity contribution in [3.63, 3.8) is 0 Å². The number of phosphoric acid groups is 1. The number of hydrogen-bond donors (Lipinski definition) is 4. The van der Waals surface area contributed by atoms with Gasteiger partial charge in [0.15, 0.2) is 0 Å². The van der Waals surface area contributed by atoms with Crippen LogP contribution in [0.3, 0.4) is 0 Å². The quantitative estimate of drug-likeness (QED) is 0.0272. The molecule has 0 rings (SSSR count). The number of phosphoric ester groups is 1. The van der Waals surface area contributed by atoms with Crippen molar-refractivity contribution < 1.29 is 28.4 Å². The van der Waals surface area contributed by atoms with E-state index in [2.05, 4.69) is 55.6 Å². The van der Waals surface area contributed by atoms with Gasteiger partial charge in [-0.15, -0.1) is 0 Å². The Hall–Kier alpha value is -1.28. The molecule has 0 aliphatic carbocycles. The fraction of sp³-hybridized carbons (Fsp3) is 0.863. The van der Waals surface area contributed by atoms with Crippen molar-refractivity contribution >= 4 is 13.7 Å². The molecule has 60 heavy (non-hydrogen) atoms. The largest absolute Gasteiger partial charge is 0.472 e. The topological polar surface area (TPSA) is 131 Å². The molecule has 0 aliphatic heterocycles. The summed E-state index contributed by atoms with van der Waals surface area (Å²) in [6.07, 6.45) is 57.3.